The summed E-state index contributed by atoms with van der Waals surface area (Å²) >= 11 is 7.89. The lowest BCUT2D eigenvalue weighted by molar-refractivity contribution is 0.0515. The van der Waals surface area contributed by atoms with Gasteiger partial charge in [0.2, 0.25) is 0 Å². The maximum atomic E-state index is 12.2. The number of para-hydroxylation sites is 1. The van der Waals surface area contributed by atoms with Crippen molar-refractivity contribution >= 4 is 35.0 Å². The van der Waals surface area contributed by atoms with Crippen LogP contribution in [0.3, 0.4) is 0 Å². The Morgan fingerprint density at radius 3 is 2.54 bits per heavy atom. The van der Waals surface area contributed by atoms with Gasteiger partial charge in [-0.1, -0.05) is 36.7 Å². The lowest BCUT2D eigenvalue weighted by atomic mass is 10.2. The number of hydrogen-bond donors (Lipinski definition) is 0. The normalized spacial score (nSPS) is 10.5. The van der Waals surface area contributed by atoms with Crippen LogP contribution in [0, 0.1) is 0 Å². The number of carbonyl (C=O) groups excluding carboxylic acids is 1. The number of likely N-dealkylation sites (N-methyl/N-ethyl adjacent to an activating group) is 1. The molecule has 0 aliphatic carbocycles. The summed E-state index contributed by atoms with van der Waals surface area (Å²) in [6.07, 6.45) is 0. The number of hydrogen-bond acceptors (Lipinski definition) is 4. The molecule has 0 radical (unpaired) electrons. The van der Waals surface area contributed by atoms with E-state index < -0.39 is 0 Å². The van der Waals surface area contributed by atoms with Gasteiger partial charge in [-0.2, -0.15) is 0 Å². The van der Waals surface area contributed by atoms with Crippen LogP contribution >= 0.6 is 23.4 Å². The van der Waals surface area contributed by atoms with Gasteiger partial charge in [-0.3, -0.25) is 0 Å². The third-order valence-corrected chi connectivity index (χ3v) is 4.76. The molecule has 2 rings (SSSR count). The molecular weight excluding hydrogens is 342 g/mol. The highest BCUT2D eigenvalue weighted by atomic mass is 35.5. The standard InChI is InChI=1S/C19H22ClNO2S/c1-3-21(15-8-6-5-7-9-15)12-13-23-19(22)17-11-10-16(24-4-2)14-18(17)20/h5-11,14H,3-4,12-13H2,1-2H3. The van der Waals surface area contributed by atoms with E-state index in [1.165, 1.54) is 0 Å². The number of thioether (sulfide) groups is 1. The van der Waals surface area contributed by atoms with Crippen LogP contribution in [0.25, 0.3) is 0 Å². The van der Waals surface area contributed by atoms with E-state index >= 15 is 0 Å². The summed E-state index contributed by atoms with van der Waals surface area (Å²) in [5, 5.41) is 0.439. The number of benzene rings is 2. The minimum Gasteiger partial charge on any atom is -0.460 e. The fourth-order valence-corrected chi connectivity index (χ4v) is 3.37. The Labute approximate surface area is 153 Å². The topological polar surface area (TPSA) is 29.5 Å². The highest BCUT2D eigenvalue weighted by molar-refractivity contribution is 7.99. The highest BCUT2D eigenvalue weighted by Crippen LogP contribution is 2.25. The molecule has 3 nitrogen and oxygen atoms in total. The quantitative estimate of drug-likeness (QED) is 0.480. The van der Waals surface area contributed by atoms with Crippen molar-refractivity contribution in [3.05, 3.63) is 59.1 Å². The molecule has 0 saturated heterocycles. The van der Waals surface area contributed by atoms with E-state index in [1.54, 1.807) is 17.8 Å². The molecule has 2 aromatic carbocycles. The Balaban J connectivity index is 1.91. The molecule has 0 amide bonds. The van der Waals surface area contributed by atoms with Gasteiger partial charge < -0.3 is 9.64 Å². The zero-order valence-corrected chi connectivity index (χ0v) is 15.6. The van der Waals surface area contributed by atoms with Crippen molar-refractivity contribution in [2.24, 2.45) is 0 Å². The zero-order valence-electron chi connectivity index (χ0n) is 14.0. The van der Waals surface area contributed by atoms with E-state index in [9.17, 15) is 4.79 Å². The average Bonchev–Trinajstić information content (AvgIpc) is 2.60. The Morgan fingerprint density at radius 2 is 1.92 bits per heavy atom. The number of anilines is 1. The summed E-state index contributed by atoms with van der Waals surface area (Å²) in [4.78, 5) is 15.4. The summed E-state index contributed by atoms with van der Waals surface area (Å²) in [6.45, 7) is 5.98. The van der Waals surface area contributed by atoms with Crippen molar-refractivity contribution in [2.75, 3.05) is 30.3 Å². The van der Waals surface area contributed by atoms with E-state index in [0.717, 1.165) is 22.9 Å². The zero-order chi connectivity index (χ0) is 17.4. The Bertz CT molecular complexity index is 664. The minimum absolute atomic E-state index is 0.323. The molecule has 24 heavy (non-hydrogen) atoms. The largest absolute Gasteiger partial charge is 0.460 e. The maximum Gasteiger partial charge on any atom is 0.339 e. The molecule has 0 heterocycles. The van der Waals surface area contributed by atoms with Crippen LogP contribution < -0.4 is 4.90 Å². The molecule has 0 fully saturated rings. The number of esters is 1. The van der Waals surface area contributed by atoms with Gasteiger partial charge in [0.1, 0.15) is 6.61 Å². The van der Waals surface area contributed by atoms with E-state index in [1.807, 2.05) is 42.5 Å². The van der Waals surface area contributed by atoms with Crippen molar-refractivity contribution in [1.29, 1.82) is 0 Å². The van der Waals surface area contributed by atoms with Crippen LogP contribution in [-0.2, 0) is 4.74 Å². The number of carbonyl (C=O) groups is 1. The third kappa shape index (κ3) is 5.18. The first kappa shape index (κ1) is 18.7. The molecule has 0 N–H and O–H groups in total. The van der Waals surface area contributed by atoms with Crippen molar-refractivity contribution in [3.63, 3.8) is 0 Å². The molecule has 128 valence electrons. The van der Waals surface area contributed by atoms with Crippen molar-refractivity contribution < 1.29 is 9.53 Å². The van der Waals surface area contributed by atoms with E-state index in [-0.39, 0.29) is 5.97 Å². The van der Waals surface area contributed by atoms with Crippen molar-refractivity contribution in [1.82, 2.24) is 0 Å². The van der Waals surface area contributed by atoms with Gasteiger partial charge in [0, 0.05) is 17.1 Å². The van der Waals surface area contributed by atoms with Crippen LogP contribution in [-0.4, -0.2) is 31.4 Å². The molecule has 0 spiro atoms. The summed E-state index contributed by atoms with van der Waals surface area (Å²) in [5.41, 5.74) is 1.54. The Hall–Kier alpha value is -1.65. The summed E-state index contributed by atoms with van der Waals surface area (Å²) in [7, 11) is 0. The molecule has 0 aliphatic rings. The molecule has 0 saturated carbocycles. The van der Waals surface area contributed by atoms with E-state index in [4.69, 9.17) is 16.3 Å². The Kier molecular flexibility index (Phi) is 7.47. The van der Waals surface area contributed by atoms with Gasteiger partial charge in [-0.15, -0.1) is 11.8 Å². The summed E-state index contributed by atoms with van der Waals surface area (Å²) in [6, 6.07) is 15.5. The minimum atomic E-state index is -0.378. The molecule has 0 atom stereocenters. The smallest absolute Gasteiger partial charge is 0.339 e. The van der Waals surface area contributed by atoms with Gasteiger partial charge in [0.05, 0.1) is 17.1 Å². The highest BCUT2D eigenvalue weighted by Gasteiger charge is 2.13. The van der Waals surface area contributed by atoms with Gasteiger partial charge in [0.25, 0.3) is 0 Å². The fourth-order valence-electron chi connectivity index (χ4n) is 2.35. The van der Waals surface area contributed by atoms with E-state index in [0.29, 0.717) is 23.7 Å². The van der Waals surface area contributed by atoms with Gasteiger partial charge in [-0.05, 0) is 43.0 Å². The summed E-state index contributed by atoms with van der Waals surface area (Å²) < 4.78 is 5.39. The molecule has 0 bridgehead atoms. The second kappa shape index (κ2) is 9.60. The predicted molar refractivity (Wildman–Crippen MR) is 102 cm³/mol. The van der Waals surface area contributed by atoms with E-state index in [2.05, 4.69) is 18.7 Å². The first-order valence-electron chi connectivity index (χ1n) is 8.05. The number of halogens is 1. The maximum absolute atomic E-state index is 12.2. The number of ether oxygens (including phenoxy) is 1. The van der Waals surface area contributed by atoms with Gasteiger partial charge in [-0.25, -0.2) is 4.79 Å². The van der Waals surface area contributed by atoms with Crippen LogP contribution in [0.1, 0.15) is 24.2 Å². The monoisotopic (exact) mass is 363 g/mol. The van der Waals surface area contributed by atoms with Crippen LogP contribution in [0.4, 0.5) is 5.69 Å². The first-order chi connectivity index (χ1) is 11.7. The predicted octanol–water partition coefficient (Wildman–Crippen LogP) is 5.14. The molecular formula is C19H22ClNO2S. The lowest BCUT2D eigenvalue weighted by Crippen LogP contribution is -2.28. The second-order valence-electron chi connectivity index (χ2n) is 5.13. The van der Waals surface area contributed by atoms with Gasteiger partial charge >= 0.3 is 5.97 Å². The van der Waals surface area contributed by atoms with Crippen molar-refractivity contribution in [3.8, 4) is 0 Å². The fraction of sp³-hybridized carbons (Fsp3) is 0.316. The van der Waals surface area contributed by atoms with Crippen LogP contribution in [0.15, 0.2) is 53.4 Å². The first-order valence-corrected chi connectivity index (χ1v) is 9.41. The SMILES string of the molecule is CCSc1ccc(C(=O)OCCN(CC)c2ccccc2)c(Cl)c1. The number of nitrogens with zero attached hydrogens (tertiary/aromatic N) is 1. The Morgan fingerprint density at radius 1 is 1.17 bits per heavy atom. The van der Waals surface area contributed by atoms with Crippen molar-refractivity contribution in [2.45, 2.75) is 18.7 Å². The third-order valence-electron chi connectivity index (χ3n) is 3.57. The molecule has 5 heteroatoms. The lowest BCUT2D eigenvalue weighted by Gasteiger charge is -2.22. The van der Waals surface area contributed by atoms with Crippen LogP contribution in [0.2, 0.25) is 5.02 Å². The molecule has 0 unspecified atom stereocenters. The molecule has 0 aromatic heterocycles. The average molecular weight is 364 g/mol. The van der Waals surface area contributed by atoms with Crippen LogP contribution in [0.5, 0.6) is 0 Å². The molecule has 2 aromatic rings. The summed E-state index contributed by atoms with van der Waals surface area (Å²) in [5.74, 6) is 0.587. The second-order valence-corrected chi connectivity index (χ2v) is 6.87. The van der Waals surface area contributed by atoms with Gasteiger partial charge in [0.15, 0.2) is 0 Å². The number of rotatable bonds is 8. The molecule has 0 aliphatic heterocycles.